The van der Waals surface area contributed by atoms with E-state index < -0.39 is 6.10 Å². The average Bonchev–Trinajstić information content (AvgIpc) is 2.76. The number of rotatable bonds is 9. The van der Waals surface area contributed by atoms with Crippen LogP contribution in [-0.2, 0) is 4.79 Å². The molecule has 158 valence electrons. The summed E-state index contributed by atoms with van der Waals surface area (Å²) in [6.07, 6.45) is 0.887. The summed E-state index contributed by atoms with van der Waals surface area (Å²) < 4.78 is 11.4. The van der Waals surface area contributed by atoms with Gasteiger partial charge in [-0.3, -0.25) is 4.79 Å². The largest absolute Gasteiger partial charge is 0.497 e. The number of nitrogens with one attached hydrogen (secondary N) is 1. The Labute approximate surface area is 179 Å². The lowest BCUT2D eigenvalue weighted by molar-refractivity contribution is -0.129. The van der Waals surface area contributed by atoms with E-state index in [0.717, 1.165) is 34.3 Å². The van der Waals surface area contributed by atoms with Crippen molar-refractivity contribution in [3.63, 3.8) is 0 Å². The predicted molar refractivity (Wildman–Crippen MR) is 122 cm³/mol. The number of methoxy groups -OCH3 is 1. The van der Waals surface area contributed by atoms with Crippen molar-refractivity contribution in [2.45, 2.75) is 45.8 Å². The van der Waals surface area contributed by atoms with Gasteiger partial charge in [0.2, 0.25) is 0 Å². The van der Waals surface area contributed by atoms with Crippen molar-refractivity contribution in [1.29, 1.82) is 0 Å². The molecule has 0 heterocycles. The van der Waals surface area contributed by atoms with Gasteiger partial charge in [-0.15, -0.1) is 0 Å². The molecule has 4 nitrogen and oxygen atoms in total. The Kier molecular flexibility index (Phi) is 7.34. The normalized spacial score (nSPS) is 13.1. The summed E-state index contributed by atoms with van der Waals surface area (Å²) in [4.78, 5) is 13.1. The third-order valence-corrected chi connectivity index (χ3v) is 5.22. The van der Waals surface area contributed by atoms with Gasteiger partial charge in [0.1, 0.15) is 11.5 Å². The second-order valence-corrected chi connectivity index (χ2v) is 7.96. The zero-order chi connectivity index (χ0) is 21.5. The number of ether oxygens (including phenoxy) is 2. The molecule has 0 bridgehead atoms. The molecule has 1 amide bonds. The maximum Gasteiger partial charge on any atom is 0.261 e. The van der Waals surface area contributed by atoms with Crippen LogP contribution in [0.15, 0.2) is 66.7 Å². The summed E-state index contributed by atoms with van der Waals surface area (Å²) in [6, 6.07) is 21.8. The van der Waals surface area contributed by atoms with Crippen LogP contribution in [0.5, 0.6) is 11.5 Å². The van der Waals surface area contributed by atoms with Crippen molar-refractivity contribution < 1.29 is 14.3 Å². The first-order valence-electron chi connectivity index (χ1n) is 10.6. The molecule has 0 aromatic heterocycles. The molecule has 2 atom stereocenters. The molecule has 0 radical (unpaired) electrons. The molecular formula is C26H31NO3. The van der Waals surface area contributed by atoms with Gasteiger partial charge in [0.05, 0.1) is 13.2 Å². The Morgan fingerprint density at radius 3 is 2.33 bits per heavy atom. The minimum atomic E-state index is -0.552. The standard InChI is InChI=1S/C26H31NO3/c1-5-24(30-25-12-8-10-19-9-6-7-11-22(19)25)26(28)27-23(17-18(2)3)20-13-15-21(29-4)16-14-20/h6-16,18,23-24H,5,17H2,1-4H3,(H,27,28)/t23-,24+/m0/s1. The van der Waals surface area contributed by atoms with E-state index in [4.69, 9.17) is 9.47 Å². The maximum atomic E-state index is 13.1. The summed E-state index contributed by atoms with van der Waals surface area (Å²) in [6.45, 7) is 6.29. The predicted octanol–water partition coefficient (Wildman–Crippen LogP) is 5.91. The van der Waals surface area contributed by atoms with E-state index in [1.807, 2.05) is 73.7 Å². The van der Waals surface area contributed by atoms with Crippen LogP contribution in [0.2, 0.25) is 0 Å². The minimum absolute atomic E-state index is 0.0754. The fraction of sp³-hybridized carbons (Fsp3) is 0.346. The summed E-state index contributed by atoms with van der Waals surface area (Å²) >= 11 is 0. The molecule has 3 aromatic carbocycles. The quantitative estimate of drug-likeness (QED) is 0.481. The van der Waals surface area contributed by atoms with Crippen molar-refractivity contribution in [2.75, 3.05) is 7.11 Å². The van der Waals surface area contributed by atoms with Gasteiger partial charge in [0.25, 0.3) is 5.91 Å². The molecule has 0 unspecified atom stereocenters. The lowest BCUT2D eigenvalue weighted by Gasteiger charge is -2.25. The van der Waals surface area contributed by atoms with Crippen LogP contribution >= 0.6 is 0 Å². The van der Waals surface area contributed by atoms with E-state index >= 15 is 0 Å². The van der Waals surface area contributed by atoms with Gasteiger partial charge >= 0.3 is 0 Å². The zero-order valence-electron chi connectivity index (χ0n) is 18.2. The fourth-order valence-electron chi connectivity index (χ4n) is 3.62. The molecule has 1 N–H and O–H groups in total. The Hall–Kier alpha value is -3.01. The Balaban J connectivity index is 1.78. The number of hydrogen-bond donors (Lipinski definition) is 1. The molecule has 0 saturated carbocycles. The summed E-state index contributed by atoms with van der Waals surface area (Å²) in [5.41, 5.74) is 1.07. The van der Waals surface area contributed by atoms with Gasteiger partial charge in [0, 0.05) is 5.39 Å². The van der Waals surface area contributed by atoms with Crippen LogP contribution in [-0.4, -0.2) is 19.1 Å². The number of amides is 1. The summed E-state index contributed by atoms with van der Waals surface area (Å²) in [7, 11) is 1.65. The monoisotopic (exact) mass is 405 g/mol. The van der Waals surface area contributed by atoms with Crippen LogP contribution in [0.1, 0.15) is 45.2 Å². The number of benzene rings is 3. The number of fused-ring (bicyclic) bond motifs is 1. The Bertz CT molecular complexity index is 960. The van der Waals surface area contributed by atoms with Gasteiger partial charge in [-0.1, -0.05) is 69.3 Å². The van der Waals surface area contributed by atoms with E-state index in [0.29, 0.717) is 12.3 Å². The first-order chi connectivity index (χ1) is 14.5. The second kappa shape index (κ2) is 10.1. The lowest BCUT2D eigenvalue weighted by Crippen LogP contribution is -2.40. The molecule has 0 fully saturated rings. The molecule has 0 aliphatic heterocycles. The van der Waals surface area contributed by atoms with Gasteiger partial charge < -0.3 is 14.8 Å². The number of carbonyl (C=O) groups excluding carboxylic acids is 1. The van der Waals surface area contributed by atoms with Crippen molar-refractivity contribution in [3.05, 3.63) is 72.3 Å². The first kappa shape index (κ1) is 21.7. The third-order valence-electron chi connectivity index (χ3n) is 5.22. The van der Waals surface area contributed by atoms with Crippen LogP contribution < -0.4 is 14.8 Å². The summed E-state index contributed by atoms with van der Waals surface area (Å²) in [5, 5.41) is 5.33. The van der Waals surface area contributed by atoms with E-state index in [1.54, 1.807) is 7.11 Å². The van der Waals surface area contributed by atoms with Crippen molar-refractivity contribution >= 4 is 16.7 Å². The molecule has 0 saturated heterocycles. The highest BCUT2D eigenvalue weighted by molar-refractivity contribution is 5.89. The van der Waals surface area contributed by atoms with Crippen LogP contribution in [0.25, 0.3) is 10.8 Å². The van der Waals surface area contributed by atoms with Crippen LogP contribution in [0.4, 0.5) is 0 Å². The Morgan fingerprint density at radius 2 is 1.67 bits per heavy atom. The van der Waals surface area contributed by atoms with Gasteiger partial charge in [0.15, 0.2) is 6.10 Å². The van der Waals surface area contributed by atoms with Gasteiger partial charge in [-0.05, 0) is 47.9 Å². The maximum absolute atomic E-state index is 13.1. The highest BCUT2D eigenvalue weighted by Gasteiger charge is 2.24. The molecule has 0 aliphatic rings. The summed E-state index contributed by atoms with van der Waals surface area (Å²) in [5.74, 6) is 1.89. The van der Waals surface area contributed by atoms with Gasteiger partial charge in [-0.25, -0.2) is 0 Å². The highest BCUT2D eigenvalue weighted by Crippen LogP contribution is 2.28. The zero-order valence-corrected chi connectivity index (χ0v) is 18.2. The van der Waals surface area contributed by atoms with Crippen molar-refractivity contribution in [3.8, 4) is 11.5 Å². The molecule has 30 heavy (non-hydrogen) atoms. The van der Waals surface area contributed by atoms with E-state index in [2.05, 4.69) is 19.2 Å². The Morgan fingerprint density at radius 1 is 0.967 bits per heavy atom. The molecule has 3 aromatic rings. The lowest BCUT2D eigenvalue weighted by atomic mass is 9.96. The van der Waals surface area contributed by atoms with E-state index in [-0.39, 0.29) is 11.9 Å². The minimum Gasteiger partial charge on any atom is -0.497 e. The van der Waals surface area contributed by atoms with E-state index in [9.17, 15) is 4.79 Å². The number of hydrogen-bond acceptors (Lipinski definition) is 3. The smallest absolute Gasteiger partial charge is 0.261 e. The molecule has 3 rings (SSSR count). The molecular weight excluding hydrogens is 374 g/mol. The third kappa shape index (κ3) is 5.32. The van der Waals surface area contributed by atoms with Crippen molar-refractivity contribution in [2.24, 2.45) is 5.92 Å². The number of carbonyl (C=O) groups is 1. The second-order valence-electron chi connectivity index (χ2n) is 7.96. The molecule has 0 aliphatic carbocycles. The van der Waals surface area contributed by atoms with Crippen LogP contribution in [0, 0.1) is 5.92 Å². The highest BCUT2D eigenvalue weighted by atomic mass is 16.5. The first-order valence-corrected chi connectivity index (χ1v) is 10.6. The topological polar surface area (TPSA) is 47.6 Å². The SMILES string of the molecule is CC[C@@H](Oc1cccc2ccccc12)C(=O)N[C@@H](CC(C)C)c1ccc(OC)cc1. The fourth-order valence-corrected chi connectivity index (χ4v) is 3.62. The average molecular weight is 406 g/mol. The van der Waals surface area contributed by atoms with Crippen molar-refractivity contribution in [1.82, 2.24) is 5.32 Å². The molecule has 0 spiro atoms. The molecule has 4 heteroatoms. The van der Waals surface area contributed by atoms with Crippen LogP contribution in [0.3, 0.4) is 0 Å². The van der Waals surface area contributed by atoms with Gasteiger partial charge in [-0.2, -0.15) is 0 Å². The van der Waals surface area contributed by atoms with E-state index in [1.165, 1.54) is 0 Å².